The van der Waals surface area contributed by atoms with Gasteiger partial charge in [0.1, 0.15) is 18.3 Å². The van der Waals surface area contributed by atoms with E-state index in [9.17, 15) is 19.5 Å². The lowest BCUT2D eigenvalue weighted by atomic mass is 10.1. The van der Waals surface area contributed by atoms with Crippen molar-refractivity contribution in [2.75, 3.05) is 13.1 Å². The first-order valence-electron chi connectivity index (χ1n) is 6.04. The summed E-state index contributed by atoms with van der Waals surface area (Å²) >= 11 is 0. The van der Waals surface area contributed by atoms with Crippen LogP contribution in [0.4, 0.5) is 0 Å². The molecule has 0 spiro atoms. The number of aliphatic carboxylic acids is 1. The van der Waals surface area contributed by atoms with Crippen LogP contribution in [0.3, 0.4) is 0 Å². The molecule has 1 aliphatic heterocycles. The van der Waals surface area contributed by atoms with Gasteiger partial charge in [-0.2, -0.15) is 0 Å². The predicted molar refractivity (Wildman–Crippen MR) is 68.0 cm³/mol. The molecule has 2 rings (SSSR count). The number of carbonyl (C=O) groups is 3. The molecule has 0 radical (unpaired) electrons. The van der Waals surface area contributed by atoms with E-state index in [0.29, 0.717) is 5.56 Å². The monoisotopic (exact) mass is 278 g/mol. The molecule has 1 aromatic rings. The van der Waals surface area contributed by atoms with Crippen molar-refractivity contribution in [2.24, 2.45) is 0 Å². The highest BCUT2D eigenvalue weighted by Gasteiger charge is 2.38. The minimum atomic E-state index is -1.09. The average Bonchev–Trinajstić information content (AvgIpc) is 2.39. The molecule has 1 saturated heterocycles. The van der Waals surface area contributed by atoms with Crippen LogP contribution in [-0.4, -0.2) is 52.0 Å². The second kappa shape index (κ2) is 5.60. The van der Waals surface area contributed by atoms with Crippen molar-refractivity contribution in [1.82, 2.24) is 10.2 Å². The fourth-order valence-corrected chi connectivity index (χ4v) is 1.99. The van der Waals surface area contributed by atoms with E-state index >= 15 is 0 Å². The third-order valence-electron chi connectivity index (χ3n) is 3.02. The number of hydrogen-bond donors (Lipinski definition) is 3. The van der Waals surface area contributed by atoms with Gasteiger partial charge in [0.2, 0.25) is 11.8 Å². The van der Waals surface area contributed by atoms with Crippen LogP contribution in [-0.2, 0) is 20.8 Å². The number of benzene rings is 1. The van der Waals surface area contributed by atoms with Crippen LogP contribution in [0.2, 0.25) is 0 Å². The maximum atomic E-state index is 11.7. The van der Waals surface area contributed by atoms with Gasteiger partial charge in [0.15, 0.2) is 0 Å². The Morgan fingerprint density at radius 1 is 1.35 bits per heavy atom. The quantitative estimate of drug-likeness (QED) is 0.620. The molecule has 0 aliphatic carbocycles. The number of carbonyl (C=O) groups excluding carboxylic acids is 2. The van der Waals surface area contributed by atoms with Gasteiger partial charge in [-0.3, -0.25) is 14.4 Å². The number of nitrogens with zero attached hydrogens (tertiary/aromatic N) is 1. The zero-order valence-electron chi connectivity index (χ0n) is 10.6. The number of amides is 2. The molecule has 1 fully saturated rings. The molecule has 20 heavy (non-hydrogen) atoms. The van der Waals surface area contributed by atoms with Crippen LogP contribution in [0.15, 0.2) is 24.3 Å². The minimum Gasteiger partial charge on any atom is -0.508 e. The normalized spacial score (nSPS) is 17.5. The largest absolute Gasteiger partial charge is 0.508 e. The lowest BCUT2D eigenvalue weighted by molar-refractivity contribution is -0.153. The molecule has 0 saturated carbocycles. The molecule has 106 valence electrons. The smallest absolute Gasteiger partial charge is 0.323 e. The van der Waals surface area contributed by atoms with Crippen molar-refractivity contribution in [3.05, 3.63) is 29.8 Å². The van der Waals surface area contributed by atoms with Gasteiger partial charge in [-0.05, 0) is 6.07 Å². The highest BCUT2D eigenvalue weighted by atomic mass is 16.4. The summed E-state index contributed by atoms with van der Waals surface area (Å²) in [5, 5.41) is 20.6. The fourth-order valence-electron chi connectivity index (χ4n) is 1.99. The molecule has 1 heterocycles. The second-order valence-electron chi connectivity index (χ2n) is 4.54. The van der Waals surface area contributed by atoms with Crippen molar-refractivity contribution < 1.29 is 24.6 Å². The highest BCUT2D eigenvalue weighted by molar-refractivity contribution is 5.94. The summed E-state index contributed by atoms with van der Waals surface area (Å²) in [5.74, 6) is -1.86. The zero-order valence-corrected chi connectivity index (χ0v) is 10.6. The Labute approximate surface area is 114 Å². The number of phenolic OH excluding ortho intramolecular Hbond substituents is 1. The number of aromatic hydroxyl groups is 1. The van der Waals surface area contributed by atoms with Crippen LogP contribution in [0.25, 0.3) is 0 Å². The number of hydrogen-bond acceptors (Lipinski definition) is 4. The summed E-state index contributed by atoms with van der Waals surface area (Å²) in [6.07, 6.45) is -0.0324. The topological polar surface area (TPSA) is 107 Å². The van der Waals surface area contributed by atoms with E-state index in [1.807, 2.05) is 0 Å². The van der Waals surface area contributed by atoms with E-state index in [-0.39, 0.29) is 31.2 Å². The van der Waals surface area contributed by atoms with Crippen LogP contribution in [0.1, 0.15) is 5.56 Å². The van der Waals surface area contributed by atoms with Gasteiger partial charge in [-0.25, -0.2) is 0 Å². The molecule has 0 bridgehead atoms. The third-order valence-corrected chi connectivity index (χ3v) is 3.02. The molecule has 7 heteroatoms. The number of rotatable bonds is 5. The Bertz CT molecular complexity index is 557. The Morgan fingerprint density at radius 2 is 2.05 bits per heavy atom. The Kier molecular flexibility index (Phi) is 3.88. The second-order valence-corrected chi connectivity index (χ2v) is 4.54. The summed E-state index contributed by atoms with van der Waals surface area (Å²) in [5.41, 5.74) is 0.471. The van der Waals surface area contributed by atoms with Gasteiger partial charge in [0.25, 0.3) is 0 Å². The van der Waals surface area contributed by atoms with Gasteiger partial charge in [0.05, 0.1) is 13.0 Å². The van der Waals surface area contributed by atoms with E-state index in [1.165, 1.54) is 6.07 Å². The average molecular weight is 278 g/mol. The van der Waals surface area contributed by atoms with Gasteiger partial charge < -0.3 is 20.4 Å². The Morgan fingerprint density at radius 3 is 2.65 bits per heavy atom. The number of carboxylic acid groups (broad SMARTS) is 1. The molecule has 1 aliphatic rings. The van der Waals surface area contributed by atoms with Crippen LogP contribution < -0.4 is 5.32 Å². The summed E-state index contributed by atoms with van der Waals surface area (Å²) in [6, 6.07) is 5.77. The van der Waals surface area contributed by atoms with Crippen molar-refractivity contribution in [3.8, 4) is 5.75 Å². The molecular weight excluding hydrogens is 264 g/mol. The van der Waals surface area contributed by atoms with E-state index < -0.39 is 17.9 Å². The van der Waals surface area contributed by atoms with Crippen LogP contribution in [0, 0.1) is 0 Å². The SMILES string of the molecule is O=C(O)CN1CC(NC(=O)Cc2ccccc2O)C1=O. The standard InChI is InChI=1S/C13H14N2O5/c16-10-4-2-1-3-8(10)5-11(17)14-9-6-15(13(9)20)7-12(18)19/h1-4,9,16H,5-7H2,(H,14,17)(H,18,19). The van der Waals surface area contributed by atoms with Crippen molar-refractivity contribution in [2.45, 2.75) is 12.5 Å². The number of β-lactam (4-membered cyclic amide) rings is 1. The molecule has 1 unspecified atom stereocenters. The van der Waals surface area contributed by atoms with E-state index in [4.69, 9.17) is 5.11 Å². The molecule has 3 N–H and O–H groups in total. The summed E-state index contributed by atoms with van der Waals surface area (Å²) in [4.78, 5) is 34.9. The predicted octanol–water partition coefficient (Wildman–Crippen LogP) is -0.654. The van der Waals surface area contributed by atoms with Crippen molar-refractivity contribution in [1.29, 1.82) is 0 Å². The Balaban J connectivity index is 1.84. The van der Waals surface area contributed by atoms with Crippen LogP contribution >= 0.6 is 0 Å². The Hall–Kier alpha value is -2.57. The molecule has 2 amide bonds. The summed E-state index contributed by atoms with van der Waals surface area (Å²) < 4.78 is 0. The third kappa shape index (κ3) is 3.05. The maximum Gasteiger partial charge on any atom is 0.323 e. The van der Waals surface area contributed by atoms with Crippen LogP contribution in [0.5, 0.6) is 5.75 Å². The number of para-hydroxylation sites is 1. The number of nitrogens with one attached hydrogen (secondary N) is 1. The number of carboxylic acids is 1. The molecule has 7 nitrogen and oxygen atoms in total. The van der Waals surface area contributed by atoms with Crippen molar-refractivity contribution in [3.63, 3.8) is 0 Å². The van der Waals surface area contributed by atoms with E-state index in [1.54, 1.807) is 18.2 Å². The zero-order chi connectivity index (χ0) is 14.7. The fraction of sp³-hybridized carbons (Fsp3) is 0.308. The van der Waals surface area contributed by atoms with Gasteiger partial charge >= 0.3 is 5.97 Å². The molecular formula is C13H14N2O5. The molecule has 0 aromatic heterocycles. The minimum absolute atomic E-state index is 0.0232. The molecule has 1 atom stereocenters. The number of likely N-dealkylation sites (tertiary alicyclic amines) is 1. The van der Waals surface area contributed by atoms with Gasteiger partial charge in [-0.1, -0.05) is 18.2 Å². The first kappa shape index (κ1) is 13.9. The first-order chi connectivity index (χ1) is 9.47. The van der Waals surface area contributed by atoms with E-state index in [2.05, 4.69) is 5.32 Å². The highest BCUT2D eigenvalue weighted by Crippen LogP contribution is 2.16. The van der Waals surface area contributed by atoms with E-state index in [0.717, 1.165) is 4.90 Å². The summed E-state index contributed by atoms with van der Waals surface area (Å²) in [7, 11) is 0. The van der Waals surface area contributed by atoms with Gasteiger partial charge in [-0.15, -0.1) is 0 Å². The lowest BCUT2D eigenvalue weighted by Gasteiger charge is -2.37. The van der Waals surface area contributed by atoms with Crippen molar-refractivity contribution >= 4 is 17.8 Å². The first-order valence-corrected chi connectivity index (χ1v) is 6.04. The lowest BCUT2D eigenvalue weighted by Crippen LogP contribution is -2.64. The van der Waals surface area contributed by atoms with Gasteiger partial charge in [0, 0.05) is 5.56 Å². The number of phenols is 1. The maximum absolute atomic E-state index is 11.7. The summed E-state index contributed by atoms with van der Waals surface area (Å²) in [6.45, 7) is -0.164. The molecule has 1 aromatic carbocycles.